The number of rotatable bonds is 4. The SMILES string of the molecule is Cn1cc(C#Cc2cccc(-n3c(CC(CN)=C(F)F)n[nH]c3=O)n2)cn1.O=C(O)C(F)(F)F. The Hall–Kier alpha value is -4.32. The molecule has 3 aromatic rings. The van der Waals surface area contributed by atoms with E-state index in [1.54, 1.807) is 42.3 Å². The molecule has 0 saturated carbocycles. The Balaban J connectivity index is 0.000000509. The van der Waals surface area contributed by atoms with Crippen LogP contribution in [0.15, 0.2) is 47.0 Å². The van der Waals surface area contributed by atoms with Crippen molar-refractivity contribution >= 4 is 5.97 Å². The minimum Gasteiger partial charge on any atom is -0.475 e. The molecule has 0 unspecified atom stereocenters. The maximum atomic E-state index is 12.9. The quantitative estimate of drug-likeness (QED) is 0.374. The Morgan fingerprint density at radius 3 is 2.47 bits per heavy atom. The molecule has 0 aliphatic heterocycles. The van der Waals surface area contributed by atoms with Gasteiger partial charge in [0.1, 0.15) is 17.3 Å². The third kappa shape index (κ3) is 7.10. The van der Waals surface area contributed by atoms with Crippen molar-refractivity contribution in [2.24, 2.45) is 12.8 Å². The second kappa shape index (κ2) is 11.0. The Morgan fingerprint density at radius 1 is 1.26 bits per heavy atom. The van der Waals surface area contributed by atoms with Crippen LogP contribution in [0.1, 0.15) is 17.1 Å². The van der Waals surface area contributed by atoms with Crippen LogP contribution in [0.2, 0.25) is 0 Å². The number of carbonyl (C=O) groups is 1. The van der Waals surface area contributed by atoms with E-state index in [-0.39, 0.29) is 30.2 Å². The number of carboxylic acids is 1. The summed E-state index contributed by atoms with van der Waals surface area (Å²) < 4.78 is 60.3. The first kappa shape index (κ1) is 25.9. The van der Waals surface area contributed by atoms with Crippen molar-refractivity contribution in [3.05, 3.63) is 69.8 Å². The van der Waals surface area contributed by atoms with Gasteiger partial charge in [0, 0.05) is 31.8 Å². The number of pyridine rings is 1. The van der Waals surface area contributed by atoms with Crippen LogP contribution >= 0.6 is 0 Å². The number of aliphatic carboxylic acids is 1. The smallest absolute Gasteiger partial charge is 0.475 e. The fourth-order valence-corrected chi connectivity index (χ4v) is 2.33. The summed E-state index contributed by atoms with van der Waals surface area (Å²) in [5, 5.41) is 17.2. The third-order valence-corrected chi connectivity index (χ3v) is 3.87. The molecule has 34 heavy (non-hydrogen) atoms. The molecule has 3 rings (SSSR count). The highest BCUT2D eigenvalue weighted by molar-refractivity contribution is 5.73. The van der Waals surface area contributed by atoms with E-state index in [0.29, 0.717) is 11.3 Å². The molecule has 180 valence electrons. The predicted octanol–water partition coefficient (Wildman–Crippen LogP) is 1.37. The van der Waals surface area contributed by atoms with Crippen molar-refractivity contribution < 1.29 is 31.9 Å². The first-order valence-corrected chi connectivity index (χ1v) is 9.10. The molecule has 3 heterocycles. The van der Waals surface area contributed by atoms with Gasteiger partial charge in [-0.25, -0.2) is 24.2 Å². The fourth-order valence-electron chi connectivity index (χ4n) is 2.33. The van der Waals surface area contributed by atoms with Crippen LogP contribution in [0, 0.1) is 11.8 Å². The maximum absolute atomic E-state index is 12.9. The second-order valence-corrected chi connectivity index (χ2v) is 6.36. The highest BCUT2D eigenvalue weighted by Gasteiger charge is 2.38. The van der Waals surface area contributed by atoms with Gasteiger partial charge in [-0.15, -0.1) is 0 Å². The van der Waals surface area contributed by atoms with Gasteiger partial charge in [-0.3, -0.25) is 4.68 Å². The van der Waals surface area contributed by atoms with E-state index in [2.05, 4.69) is 32.1 Å². The molecule has 0 aromatic carbocycles. The number of H-pyrrole nitrogens is 1. The first-order chi connectivity index (χ1) is 15.9. The number of aryl methyl sites for hydroxylation is 1. The van der Waals surface area contributed by atoms with Gasteiger partial charge in [0.2, 0.25) is 0 Å². The molecular weight excluding hydrogens is 469 g/mol. The minimum absolute atomic E-state index is 0.0816. The largest absolute Gasteiger partial charge is 0.490 e. The zero-order valence-electron chi connectivity index (χ0n) is 17.3. The third-order valence-electron chi connectivity index (χ3n) is 3.87. The van der Waals surface area contributed by atoms with Crippen LogP contribution in [0.4, 0.5) is 22.0 Å². The zero-order chi connectivity index (χ0) is 25.5. The Labute approximate surface area is 187 Å². The van der Waals surface area contributed by atoms with Gasteiger partial charge in [0.25, 0.3) is 6.08 Å². The normalized spacial score (nSPS) is 10.6. The van der Waals surface area contributed by atoms with Crippen LogP contribution in [0.3, 0.4) is 0 Å². The average Bonchev–Trinajstić information content (AvgIpc) is 3.35. The van der Waals surface area contributed by atoms with E-state index >= 15 is 0 Å². The molecule has 0 saturated heterocycles. The number of hydrogen-bond acceptors (Lipinski definition) is 6. The van der Waals surface area contributed by atoms with Crippen LogP contribution in [-0.2, 0) is 18.3 Å². The summed E-state index contributed by atoms with van der Waals surface area (Å²) in [6, 6.07) is 4.89. The monoisotopic (exact) mass is 485 g/mol. The molecule has 0 fully saturated rings. The number of alkyl halides is 3. The molecule has 0 radical (unpaired) electrons. The maximum Gasteiger partial charge on any atom is 0.490 e. The summed E-state index contributed by atoms with van der Waals surface area (Å²) in [7, 11) is 1.78. The standard InChI is InChI=1S/C17H15F2N7O.C2HF3O2/c1-25-10-11(9-21-25)5-6-13-3-2-4-14(22-13)26-15(23-24-17(26)27)7-12(8-20)16(18)19;3-2(4,5)1(6)7/h2-4,9-10H,7-8,20H2,1H3,(H,24,27);(H,6,7). The molecule has 3 aromatic heterocycles. The van der Waals surface area contributed by atoms with E-state index in [1.165, 1.54) is 0 Å². The molecule has 0 amide bonds. The lowest BCUT2D eigenvalue weighted by Gasteiger charge is -2.06. The second-order valence-electron chi connectivity index (χ2n) is 6.36. The number of nitrogens with one attached hydrogen (secondary N) is 1. The number of nitrogens with two attached hydrogens (primary N) is 1. The number of halogens is 5. The number of nitrogens with zero attached hydrogens (tertiary/aromatic N) is 5. The van der Waals surface area contributed by atoms with Gasteiger partial charge < -0.3 is 10.8 Å². The van der Waals surface area contributed by atoms with Gasteiger partial charge in [-0.05, 0) is 18.1 Å². The van der Waals surface area contributed by atoms with Gasteiger partial charge in [0.05, 0.1) is 11.8 Å². The van der Waals surface area contributed by atoms with E-state index < -0.39 is 23.9 Å². The van der Waals surface area contributed by atoms with Crippen LogP contribution in [0.25, 0.3) is 5.82 Å². The zero-order valence-corrected chi connectivity index (χ0v) is 17.3. The molecule has 0 aliphatic carbocycles. The van der Waals surface area contributed by atoms with Crippen molar-refractivity contribution in [2.45, 2.75) is 12.6 Å². The van der Waals surface area contributed by atoms with Crippen LogP contribution in [0.5, 0.6) is 0 Å². The lowest BCUT2D eigenvalue weighted by atomic mass is 10.2. The van der Waals surface area contributed by atoms with E-state index in [4.69, 9.17) is 15.6 Å². The fraction of sp³-hybridized carbons (Fsp3) is 0.211. The lowest BCUT2D eigenvalue weighted by Crippen LogP contribution is -2.21. The number of aromatic nitrogens is 6. The molecule has 0 bridgehead atoms. The first-order valence-electron chi connectivity index (χ1n) is 9.10. The number of hydrogen-bond donors (Lipinski definition) is 3. The van der Waals surface area contributed by atoms with Crippen LogP contribution in [-0.4, -0.2) is 53.3 Å². The van der Waals surface area contributed by atoms with E-state index in [9.17, 15) is 26.7 Å². The average molecular weight is 485 g/mol. The van der Waals surface area contributed by atoms with Gasteiger partial charge >= 0.3 is 17.8 Å². The Bertz CT molecular complexity index is 1310. The molecule has 0 aliphatic rings. The predicted molar refractivity (Wildman–Crippen MR) is 107 cm³/mol. The molecule has 0 atom stereocenters. The summed E-state index contributed by atoms with van der Waals surface area (Å²) in [5.74, 6) is 3.33. The highest BCUT2D eigenvalue weighted by atomic mass is 19.4. The number of carboxylic acid groups (broad SMARTS) is 1. The summed E-state index contributed by atoms with van der Waals surface area (Å²) >= 11 is 0. The van der Waals surface area contributed by atoms with E-state index in [0.717, 1.165) is 4.57 Å². The Morgan fingerprint density at radius 2 is 1.94 bits per heavy atom. The van der Waals surface area contributed by atoms with Crippen molar-refractivity contribution in [2.75, 3.05) is 6.54 Å². The minimum atomic E-state index is -5.08. The van der Waals surface area contributed by atoms with Crippen LogP contribution < -0.4 is 11.4 Å². The van der Waals surface area contributed by atoms with Gasteiger partial charge in [-0.2, -0.15) is 32.1 Å². The molecule has 10 nitrogen and oxygen atoms in total. The molecular formula is C19H16F5N7O3. The molecule has 4 N–H and O–H groups in total. The lowest BCUT2D eigenvalue weighted by molar-refractivity contribution is -0.192. The summed E-state index contributed by atoms with van der Waals surface area (Å²) in [4.78, 5) is 25.3. The van der Waals surface area contributed by atoms with Crippen molar-refractivity contribution in [3.8, 4) is 17.7 Å². The van der Waals surface area contributed by atoms with Crippen molar-refractivity contribution in [1.82, 2.24) is 29.5 Å². The highest BCUT2D eigenvalue weighted by Crippen LogP contribution is 2.14. The number of aromatic amines is 1. The van der Waals surface area contributed by atoms with Crippen molar-refractivity contribution in [3.63, 3.8) is 0 Å². The van der Waals surface area contributed by atoms with Gasteiger partial charge in [0.15, 0.2) is 0 Å². The summed E-state index contributed by atoms with van der Waals surface area (Å²) in [5.41, 5.74) is 5.55. The molecule has 15 heteroatoms. The molecule has 0 spiro atoms. The summed E-state index contributed by atoms with van der Waals surface area (Å²) in [6.45, 7) is -0.340. The topological polar surface area (TPSA) is 145 Å². The summed E-state index contributed by atoms with van der Waals surface area (Å²) in [6.07, 6.45) is -3.88. The van der Waals surface area contributed by atoms with Crippen molar-refractivity contribution in [1.29, 1.82) is 0 Å². The van der Waals surface area contributed by atoms with E-state index in [1.807, 2.05) is 0 Å². The Kier molecular flexibility index (Phi) is 8.40. The van der Waals surface area contributed by atoms with Gasteiger partial charge in [-0.1, -0.05) is 12.0 Å².